The molecule has 2 N–H and O–H groups in total. The fraction of sp³-hybridized carbons (Fsp3) is 0.0952. The fourth-order valence-corrected chi connectivity index (χ4v) is 4.23. The molecule has 1 aliphatic rings. The van der Waals surface area contributed by atoms with Crippen molar-refractivity contribution in [2.24, 2.45) is 4.99 Å². The summed E-state index contributed by atoms with van der Waals surface area (Å²) in [6, 6.07) is 21.4. The molecule has 7 heteroatoms. The van der Waals surface area contributed by atoms with Crippen molar-refractivity contribution in [2.75, 3.05) is 5.32 Å². The summed E-state index contributed by atoms with van der Waals surface area (Å²) < 4.78 is 28.1. The van der Waals surface area contributed by atoms with Crippen molar-refractivity contribution < 1.29 is 8.42 Å². The van der Waals surface area contributed by atoms with Crippen LogP contribution < -0.4 is 10.0 Å². The van der Waals surface area contributed by atoms with E-state index in [0.29, 0.717) is 5.02 Å². The maximum Gasteiger partial charge on any atom is 0.264 e. The Morgan fingerprint density at radius 1 is 1.00 bits per heavy atom. The summed E-state index contributed by atoms with van der Waals surface area (Å²) in [6.07, 6.45) is 0. The lowest BCUT2D eigenvalue weighted by Gasteiger charge is -2.26. The van der Waals surface area contributed by atoms with E-state index in [1.54, 1.807) is 30.3 Å². The summed E-state index contributed by atoms with van der Waals surface area (Å²) in [5, 5.41) is 3.66. The highest BCUT2D eigenvalue weighted by molar-refractivity contribution is 7.90. The number of anilines is 1. The van der Waals surface area contributed by atoms with E-state index in [4.69, 9.17) is 11.6 Å². The quantitative estimate of drug-likeness (QED) is 0.666. The number of nitrogens with zero attached hydrogens (tertiary/aromatic N) is 1. The second kappa shape index (κ2) is 7.30. The number of benzene rings is 3. The fourth-order valence-electron chi connectivity index (χ4n) is 3.08. The van der Waals surface area contributed by atoms with E-state index in [0.717, 1.165) is 22.4 Å². The van der Waals surface area contributed by atoms with Gasteiger partial charge in [-0.05, 0) is 42.8 Å². The van der Waals surface area contributed by atoms with E-state index in [1.807, 2.05) is 49.4 Å². The number of guanidine groups is 1. The summed E-state index contributed by atoms with van der Waals surface area (Å²) in [7, 11) is -3.76. The van der Waals surface area contributed by atoms with Crippen LogP contribution in [0.3, 0.4) is 0 Å². The molecule has 0 aliphatic carbocycles. The van der Waals surface area contributed by atoms with Gasteiger partial charge in [0.05, 0.1) is 4.90 Å². The number of hydrogen-bond acceptors (Lipinski definition) is 4. The molecule has 1 atom stereocenters. The molecule has 0 saturated heterocycles. The average Bonchev–Trinajstić information content (AvgIpc) is 2.68. The highest BCUT2D eigenvalue weighted by atomic mass is 35.5. The van der Waals surface area contributed by atoms with E-state index < -0.39 is 10.0 Å². The normalized spacial score (nSPS) is 15.9. The molecule has 0 saturated carbocycles. The molecule has 1 aliphatic heterocycles. The molecule has 28 heavy (non-hydrogen) atoms. The van der Waals surface area contributed by atoms with Gasteiger partial charge in [-0.1, -0.05) is 59.6 Å². The highest BCUT2D eigenvalue weighted by Gasteiger charge is 2.26. The molecule has 0 bridgehead atoms. The van der Waals surface area contributed by atoms with Gasteiger partial charge >= 0.3 is 0 Å². The number of hydrogen-bond donors (Lipinski definition) is 2. The predicted molar refractivity (Wildman–Crippen MR) is 112 cm³/mol. The van der Waals surface area contributed by atoms with Crippen molar-refractivity contribution in [3.8, 4) is 0 Å². The summed E-state index contributed by atoms with van der Waals surface area (Å²) in [6.45, 7) is 1.91. The Morgan fingerprint density at radius 3 is 2.43 bits per heavy atom. The first kappa shape index (κ1) is 18.5. The van der Waals surface area contributed by atoms with Gasteiger partial charge in [0.2, 0.25) is 5.96 Å². The molecular weight excluding hydrogens is 394 g/mol. The number of aryl methyl sites for hydroxylation is 1. The van der Waals surface area contributed by atoms with Gasteiger partial charge in [0.1, 0.15) is 6.04 Å². The first-order valence-electron chi connectivity index (χ1n) is 8.71. The zero-order chi connectivity index (χ0) is 19.7. The molecule has 0 spiro atoms. The summed E-state index contributed by atoms with van der Waals surface area (Å²) >= 11 is 6.18. The van der Waals surface area contributed by atoms with E-state index >= 15 is 0 Å². The molecule has 142 valence electrons. The Morgan fingerprint density at radius 2 is 1.71 bits per heavy atom. The molecule has 5 nitrogen and oxygen atoms in total. The van der Waals surface area contributed by atoms with Gasteiger partial charge < -0.3 is 5.32 Å². The average molecular weight is 412 g/mol. The molecule has 1 heterocycles. The number of sulfonamides is 1. The second-order valence-corrected chi connectivity index (χ2v) is 8.68. The predicted octanol–water partition coefficient (Wildman–Crippen LogP) is 4.50. The minimum Gasteiger partial charge on any atom is -0.325 e. The lowest BCUT2D eigenvalue weighted by atomic mass is 9.96. The first-order chi connectivity index (χ1) is 13.4. The van der Waals surface area contributed by atoms with Crippen LogP contribution in [-0.2, 0) is 10.0 Å². The summed E-state index contributed by atoms with van der Waals surface area (Å²) in [4.78, 5) is 4.80. The van der Waals surface area contributed by atoms with E-state index in [9.17, 15) is 8.42 Å². The smallest absolute Gasteiger partial charge is 0.264 e. The lowest BCUT2D eigenvalue weighted by molar-refractivity contribution is 0.592. The van der Waals surface area contributed by atoms with Crippen molar-refractivity contribution in [3.63, 3.8) is 0 Å². The molecule has 0 unspecified atom stereocenters. The lowest BCUT2D eigenvalue weighted by Crippen LogP contribution is -2.38. The minimum absolute atomic E-state index is 0.171. The van der Waals surface area contributed by atoms with Crippen LogP contribution in [0.25, 0.3) is 0 Å². The third-order valence-corrected chi connectivity index (χ3v) is 6.09. The Labute approximate surface area is 169 Å². The van der Waals surface area contributed by atoms with Crippen LogP contribution in [0.15, 0.2) is 82.7 Å². The van der Waals surface area contributed by atoms with Crippen molar-refractivity contribution in [1.82, 2.24) is 4.72 Å². The maximum atomic E-state index is 12.8. The van der Waals surface area contributed by atoms with Gasteiger partial charge in [0.15, 0.2) is 0 Å². The molecule has 0 fully saturated rings. The van der Waals surface area contributed by atoms with Gasteiger partial charge in [0.25, 0.3) is 10.0 Å². The van der Waals surface area contributed by atoms with Gasteiger partial charge in [0, 0.05) is 16.3 Å². The van der Waals surface area contributed by atoms with Crippen molar-refractivity contribution in [1.29, 1.82) is 0 Å². The molecule has 0 radical (unpaired) electrons. The van der Waals surface area contributed by atoms with Crippen molar-refractivity contribution in [3.05, 3.63) is 94.5 Å². The molecule has 0 aromatic heterocycles. The van der Waals surface area contributed by atoms with Crippen LogP contribution in [0.5, 0.6) is 0 Å². The third kappa shape index (κ3) is 3.74. The first-order valence-corrected chi connectivity index (χ1v) is 10.6. The molecule has 4 rings (SSSR count). The van der Waals surface area contributed by atoms with Gasteiger partial charge in [-0.2, -0.15) is 0 Å². The monoisotopic (exact) mass is 411 g/mol. The van der Waals surface area contributed by atoms with Gasteiger partial charge in [-0.15, -0.1) is 0 Å². The van der Waals surface area contributed by atoms with Crippen LogP contribution in [0, 0.1) is 6.92 Å². The zero-order valence-corrected chi connectivity index (χ0v) is 16.6. The topological polar surface area (TPSA) is 70.6 Å². The summed E-state index contributed by atoms with van der Waals surface area (Å²) in [5.41, 5.74) is 3.58. The SMILES string of the molecule is Cc1ccc(S(=O)(=O)NC2=N[C@H](c3ccccc3)c3cc(Cl)ccc3N2)cc1. The van der Waals surface area contributed by atoms with Crippen molar-refractivity contribution in [2.45, 2.75) is 17.9 Å². The van der Waals surface area contributed by atoms with E-state index in [1.165, 1.54) is 0 Å². The largest absolute Gasteiger partial charge is 0.325 e. The van der Waals surface area contributed by atoms with Gasteiger partial charge in [-0.3, -0.25) is 0 Å². The standard InChI is InChI=1S/C21H18ClN3O2S/c1-14-7-10-17(11-8-14)28(26,27)25-21-23-19-12-9-16(22)13-18(19)20(24-21)15-5-3-2-4-6-15/h2-13,20H,1H3,(H2,23,24,25)/t20-/m1/s1. The highest BCUT2D eigenvalue weighted by Crippen LogP contribution is 2.36. The molecular formula is C21H18ClN3O2S. The zero-order valence-electron chi connectivity index (χ0n) is 15.1. The minimum atomic E-state index is -3.76. The summed E-state index contributed by atoms with van der Waals surface area (Å²) in [5.74, 6) is 0.171. The number of rotatable bonds is 3. The Hall–Kier alpha value is -2.83. The number of fused-ring (bicyclic) bond motifs is 1. The van der Waals surface area contributed by atoms with Crippen molar-refractivity contribution >= 4 is 33.3 Å². The molecule has 3 aromatic carbocycles. The van der Waals surface area contributed by atoms with Crippen LogP contribution >= 0.6 is 11.6 Å². The number of halogens is 1. The van der Waals surface area contributed by atoms with Crippen LogP contribution in [0.2, 0.25) is 5.02 Å². The van der Waals surface area contributed by atoms with Crippen LogP contribution in [0.1, 0.15) is 22.7 Å². The molecule has 0 amide bonds. The third-order valence-electron chi connectivity index (χ3n) is 4.50. The van der Waals surface area contributed by atoms with E-state index in [2.05, 4.69) is 15.0 Å². The van der Waals surface area contributed by atoms with Crippen LogP contribution in [-0.4, -0.2) is 14.4 Å². The van der Waals surface area contributed by atoms with E-state index in [-0.39, 0.29) is 16.9 Å². The van der Waals surface area contributed by atoms with Gasteiger partial charge in [-0.25, -0.2) is 18.1 Å². The van der Waals surface area contributed by atoms with Crippen LogP contribution in [0.4, 0.5) is 5.69 Å². The number of nitrogens with one attached hydrogen (secondary N) is 2. The second-order valence-electron chi connectivity index (χ2n) is 6.57. The Bertz CT molecular complexity index is 1140. The number of aliphatic imine (C=N–C) groups is 1. The Kier molecular flexibility index (Phi) is 4.83. The molecule has 3 aromatic rings. The Balaban J connectivity index is 1.73. The maximum absolute atomic E-state index is 12.8.